The molecule has 1 fully saturated rings. The summed E-state index contributed by atoms with van der Waals surface area (Å²) in [5.74, 6) is 0.807. The lowest BCUT2D eigenvalue weighted by Gasteiger charge is -2.39. The highest BCUT2D eigenvalue weighted by atomic mass is 16.2. The molecule has 0 spiro atoms. The standard InChI is InChI=1S/C17H27N3O/c1-12-8-9-20(13(2)10-12)14(3)17(21)19-16-7-5-4-6-15(16)11-18/h4-7,12-14H,8-11,18H2,1-3H3,(H,19,21). The minimum absolute atomic E-state index is 0.0531. The van der Waals surface area contributed by atoms with E-state index in [1.807, 2.05) is 31.2 Å². The number of nitrogens with zero attached hydrogens (tertiary/aromatic N) is 1. The third-order valence-electron chi connectivity index (χ3n) is 4.56. The third-order valence-corrected chi connectivity index (χ3v) is 4.56. The van der Waals surface area contributed by atoms with Gasteiger partial charge in [0.25, 0.3) is 0 Å². The van der Waals surface area contributed by atoms with E-state index < -0.39 is 0 Å². The number of nitrogens with two attached hydrogens (primary N) is 1. The minimum atomic E-state index is -0.113. The van der Waals surface area contributed by atoms with Crippen molar-refractivity contribution in [3.63, 3.8) is 0 Å². The van der Waals surface area contributed by atoms with Crippen LogP contribution >= 0.6 is 0 Å². The van der Waals surface area contributed by atoms with Crippen LogP contribution in [0.2, 0.25) is 0 Å². The van der Waals surface area contributed by atoms with Gasteiger partial charge in [-0.1, -0.05) is 25.1 Å². The van der Waals surface area contributed by atoms with E-state index in [1.54, 1.807) is 0 Å². The van der Waals surface area contributed by atoms with E-state index in [9.17, 15) is 4.79 Å². The van der Waals surface area contributed by atoms with Crippen molar-refractivity contribution in [1.29, 1.82) is 0 Å². The van der Waals surface area contributed by atoms with Gasteiger partial charge < -0.3 is 11.1 Å². The quantitative estimate of drug-likeness (QED) is 0.895. The molecular formula is C17H27N3O. The van der Waals surface area contributed by atoms with Crippen molar-refractivity contribution in [1.82, 2.24) is 4.90 Å². The van der Waals surface area contributed by atoms with Gasteiger partial charge in [-0.3, -0.25) is 9.69 Å². The van der Waals surface area contributed by atoms with Crippen molar-refractivity contribution in [3.8, 4) is 0 Å². The number of likely N-dealkylation sites (tertiary alicyclic amines) is 1. The summed E-state index contributed by atoms with van der Waals surface area (Å²) >= 11 is 0. The van der Waals surface area contributed by atoms with Gasteiger partial charge in [-0.05, 0) is 50.8 Å². The Bertz CT molecular complexity index is 489. The number of hydrogen-bond donors (Lipinski definition) is 2. The molecule has 0 aliphatic carbocycles. The Balaban J connectivity index is 2.02. The monoisotopic (exact) mass is 289 g/mol. The Morgan fingerprint density at radius 3 is 2.81 bits per heavy atom. The van der Waals surface area contributed by atoms with Crippen LogP contribution in [0, 0.1) is 5.92 Å². The summed E-state index contributed by atoms with van der Waals surface area (Å²) in [4.78, 5) is 14.8. The zero-order valence-electron chi connectivity index (χ0n) is 13.3. The number of carbonyl (C=O) groups is 1. The van der Waals surface area contributed by atoms with E-state index >= 15 is 0 Å². The molecule has 1 aromatic carbocycles. The van der Waals surface area contributed by atoms with Crippen LogP contribution in [0.3, 0.4) is 0 Å². The molecule has 2 rings (SSSR count). The van der Waals surface area contributed by atoms with Crippen LogP contribution in [-0.2, 0) is 11.3 Å². The molecule has 0 bridgehead atoms. The summed E-state index contributed by atoms with van der Waals surface area (Å²) < 4.78 is 0. The molecule has 3 unspecified atom stereocenters. The molecule has 1 saturated heterocycles. The van der Waals surface area contributed by atoms with Crippen LogP contribution in [0.5, 0.6) is 0 Å². The van der Waals surface area contributed by atoms with Crippen LogP contribution < -0.4 is 11.1 Å². The molecule has 1 aliphatic heterocycles. The number of para-hydroxylation sites is 1. The van der Waals surface area contributed by atoms with E-state index in [2.05, 4.69) is 24.1 Å². The third kappa shape index (κ3) is 3.83. The minimum Gasteiger partial charge on any atom is -0.326 e. The Morgan fingerprint density at radius 2 is 2.14 bits per heavy atom. The second-order valence-corrected chi connectivity index (χ2v) is 6.24. The fourth-order valence-corrected chi connectivity index (χ4v) is 3.21. The first-order chi connectivity index (χ1) is 10.0. The molecule has 4 heteroatoms. The Morgan fingerprint density at radius 1 is 1.43 bits per heavy atom. The smallest absolute Gasteiger partial charge is 0.241 e. The Kier molecular flexibility index (Phi) is 5.37. The van der Waals surface area contributed by atoms with Gasteiger partial charge in [0.1, 0.15) is 0 Å². The van der Waals surface area contributed by atoms with Crippen LogP contribution in [0.15, 0.2) is 24.3 Å². The molecule has 1 amide bonds. The van der Waals surface area contributed by atoms with Crippen molar-refractivity contribution in [2.24, 2.45) is 11.7 Å². The van der Waals surface area contributed by atoms with Crippen molar-refractivity contribution < 1.29 is 4.79 Å². The molecule has 0 saturated carbocycles. The van der Waals surface area contributed by atoms with Crippen molar-refractivity contribution in [2.75, 3.05) is 11.9 Å². The topological polar surface area (TPSA) is 58.4 Å². The largest absolute Gasteiger partial charge is 0.326 e. The predicted octanol–water partition coefficient (Wildman–Crippen LogP) is 2.59. The predicted molar refractivity (Wildman–Crippen MR) is 87.0 cm³/mol. The van der Waals surface area contributed by atoms with Gasteiger partial charge in [-0.25, -0.2) is 0 Å². The maximum absolute atomic E-state index is 12.5. The Labute approximate surface area is 127 Å². The number of amides is 1. The van der Waals surface area contributed by atoms with Gasteiger partial charge in [0, 0.05) is 18.3 Å². The Hall–Kier alpha value is -1.39. The summed E-state index contributed by atoms with van der Waals surface area (Å²) in [6, 6.07) is 8.07. The lowest BCUT2D eigenvalue weighted by atomic mass is 9.92. The maximum atomic E-state index is 12.5. The van der Waals surface area contributed by atoms with Crippen LogP contribution in [-0.4, -0.2) is 29.4 Å². The van der Waals surface area contributed by atoms with Gasteiger partial charge in [0.2, 0.25) is 5.91 Å². The van der Waals surface area contributed by atoms with Gasteiger partial charge in [-0.15, -0.1) is 0 Å². The number of nitrogens with one attached hydrogen (secondary N) is 1. The van der Waals surface area contributed by atoms with Crippen molar-refractivity contribution in [3.05, 3.63) is 29.8 Å². The average molecular weight is 289 g/mol. The second kappa shape index (κ2) is 7.05. The molecule has 4 nitrogen and oxygen atoms in total. The number of rotatable bonds is 4. The van der Waals surface area contributed by atoms with Gasteiger partial charge in [0.05, 0.1) is 6.04 Å². The lowest BCUT2D eigenvalue weighted by Crippen LogP contribution is -2.50. The van der Waals surface area contributed by atoms with Crippen molar-refractivity contribution in [2.45, 2.75) is 52.2 Å². The summed E-state index contributed by atoms with van der Waals surface area (Å²) in [7, 11) is 0. The van der Waals surface area contributed by atoms with Gasteiger partial charge >= 0.3 is 0 Å². The molecule has 3 atom stereocenters. The maximum Gasteiger partial charge on any atom is 0.241 e. The van der Waals surface area contributed by atoms with Crippen LogP contribution in [0.4, 0.5) is 5.69 Å². The number of carbonyl (C=O) groups excluding carboxylic acids is 1. The van der Waals surface area contributed by atoms with E-state index in [1.165, 1.54) is 6.42 Å². The lowest BCUT2D eigenvalue weighted by molar-refractivity contribution is -0.122. The first-order valence-corrected chi connectivity index (χ1v) is 7.87. The highest BCUT2D eigenvalue weighted by Crippen LogP contribution is 2.24. The van der Waals surface area contributed by atoms with E-state index in [0.717, 1.165) is 30.1 Å². The van der Waals surface area contributed by atoms with Crippen molar-refractivity contribution >= 4 is 11.6 Å². The summed E-state index contributed by atoms with van der Waals surface area (Å²) in [5, 5.41) is 3.03. The number of anilines is 1. The summed E-state index contributed by atoms with van der Waals surface area (Å²) in [5.41, 5.74) is 7.52. The van der Waals surface area contributed by atoms with Crippen LogP contribution in [0.1, 0.15) is 39.2 Å². The zero-order chi connectivity index (χ0) is 15.4. The second-order valence-electron chi connectivity index (χ2n) is 6.24. The van der Waals surface area contributed by atoms with E-state index in [4.69, 9.17) is 5.73 Å². The molecule has 21 heavy (non-hydrogen) atoms. The number of hydrogen-bond acceptors (Lipinski definition) is 3. The fraction of sp³-hybridized carbons (Fsp3) is 0.588. The van der Waals surface area contributed by atoms with Gasteiger partial charge in [-0.2, -0.15) is 0 Å². The molecule has 1 aromatic rings. The summed E-state index contributed by atoms with van der Waals surface area (Å²) in [6.07, 6.45) is 2.33. The molecule has 3 N–H and O–H groups in total. The zero-order valence-corrected chi connectivity index (χ0v) is 13.3. The molecule has 116 valence electrons. The molecule has 1 heterocycles. The molecule has 0 radical (unpaired) electrons. The highest BCUT2D eigenvalue weighted by Gasteiger charge is 2.30. The first kappa shape index (κ1) is 16.0. The fourth-order valence-electron chi connectivity index (χ4n) is 3.21. The normalized spacial score (nSPS) is 24.6. The number of benzene rings is 1. The van der Waals surface area contributed by atoms with E-state index in [0.29, 0.717) is 12.6 Å². The molecule has 0 aromatic heterocycles. The van der Waals surface area contributed by atoms with Gasteiger partial charge in [0.15, 0.2) is 0 Å². The molecule has 1 aliphatic rings. The SMILES string of the molecule is CC1CCN(C(C)C(=O)Nc2ccccc2CN)C(C)C1. The first-order valence-electron chi connectivity index (χ1n) is 7.87. The summed E-state index contributed by atoms with van der Waals surface area (Å²) in [6.45, 7) is 7.92. The van der Waals surface area contributed by atoms with Crippen LogP contribution in [0.25, 0.3) is 0 Å². The average Bonchev–Trinajstić information content (AvgIpc) is 2.47. The molecular weight excluding hydrogens is 262 g/mol. The highest BCUT2D eigenvalue weighted by molar-refractivity contribution is 5.95. The van der Waals surface area contributed by atoms with E-state index in [-0.39, 0.29) is 11.9 Å². The number of piperidine rings is 1.